The molecule has 0 aromatic rings. The lowest BCUT2D eigenvalue weighted by Gasteiger charge is -2.13. The number of rotatable bonds is 5. The summed E-state index contributed by atoms with van der Waals surface area (Å²) in [5.74, 6) is 1.27. The third-order valence-corrected chi connectivity index (χ3v) is 1.90. The van der Waals surface area contributed by atoms with Gasteiger partial charge in [0.2, 0.25) is 0 Å². The molecule has 62 valence electrons. The molecule has 0 amide bonds. The SMILES string of the molecule is CCCC(C)C[C@@H](C)CO. The van der Waals surface area contributed by atoms with Crippen molar-refractivity contribution in [2.24, 2.45) is 11.8 Å². The standard InChI is InChI=1S/C9H20O/c1-4-5-8(2)6-9(3)7-10/h8-10H,4-7H2,1-3H3/t8?,9-/m1/s1. The largest absolute Gasteiger partial charge is 0.396 e. The van der Waals surface area contributed by atoms with E-state index in [1.165, 1.54) is 19.3 Å². The normalized spacial score (nSPS) is 16.8. The molecule has 1 heteroatoms. The molecular weight excluding hydrogens is 124 g/mol. The number of aliphatic hydroxyl groups is 1. The van der Waals surface area contributed by atoms with Gasteiger partial charge in [-0.1, -0.05) is 33.6 Å². The predicted molar refractivity (Wildman–Crippen MR) is 44.9 cm³/mol. The van der Waals surface area contributed by atoms with Crippen LogP contribution in [0.1, 0.15) is 40.0 Å². The molecule has 0 saturated carbocycles. The lowest BCUT2D eigenvalue weighted by atomic mass is 9.94. The van der Waals surface area contributed by atoms with Crippen molar-refractivity contribution >= 4 is 0 Å². The molecule has 0 rings (SSSR count). The van der Waals surface area contributed by atoms with Gasteiger partial charge in [0.1, 0.15) is 0 Å². The second-order valence-electron chi connectivity index (χ2n) is 3.42. The van der Waals surface area contributed by atoms with Gasteiger partial charge in [-0.3, -0.25) is 0 Å². The van der Waals surface area contributed by atoms with Crippen LogP contribution in [-0.2, 0) is 0 Å². The third kappa shape index (κ3) is 4.80. The molecule has 1 N–H and O–H groups in total. The Balaban J connectivity index is 3.27. The highest BCUT2D eigenvalue weighted by molar-refractivity contribution is 4.57. The van der Waals surface area contributed by atoms with Crippen LogP contribution in [-0.4, -0.2) is 11.7 Å². The molecule has 0 bridgehead atoms. The maximum absolute atomic E-state index is 8.75. The van der Waals surface area contributed by atoms with Crippen molar-refractivity contribution < 1.29 is 5.11 Å². The highest BCUT2D eigenvalue weighted by Gasteiger charge is 2.05. The Morgan fingerprint density at radius 2 is 1.80 bits per heavy atom. The Morgan fingerprint density at radius 1 is 1.20 bits per heavy atom. The smallest absolute Gasteiger partial charge is 0.0456 e. The fourth-order valence-electron chi connectivity index (χ4n) is 1.37. The van der Waals surface area contributed by atoms with Gasteiger partial charge in [-0.2, -0.15) is 0 Å². The van der Waals surface area contributed by atoms with Crippen LogP contribution in [0.15, 0.2) is 0 Å². The molecule has 10 heavy (non-hydrogen) atoms. The molecule has 0 aromatic heterocycles. The van der Waals surface area contributed by atoms with Crippen LogP contribution >= 0.6 is 0 Å². The fraction of sp³-hybridized carbons (Fsp3) is 1.00. The van der Waals surface area contributed by atoms with Crippen LogP contribution in [0.3, 0.4) is 0 Å². The Hall–Kier alpha value is -0.0400. The Morgan fingerprint density at radius 3 is 2.20 bits per heavy atom. The zero-order valence-corrected chi connectivity index (χ0v) is 7.43. The van der Waals surface area contributed by atoms with Gasteiger partial charge in [0.25, 0.3) is 0 Å². The second-order valence-corrected chi connectivity index (χ2v) is 3.42. The van der Waals surface area contributed by atoms with Crippen LogP contribution in [0, 0.1) is 11.8 Å². The summed E-state index contributed by atoms with van der Waals surface area (Å²) in [5, 5.41) is 8.75. The van der Waals surface area contributed by atoms with E-state index in [0.717, 1.165) is 5.92 Å². The van der Waals surface area contributed by atoms with Crippen molar-refractivity contribution in [3.05, 3.63) is 0 Å². The Labute approximate surface area is 64.5 Å². The molecule has 2 atom stereocenters. The van der Waals surface area contributed by atoms with E-state index in [2.05, 4.69) is 20.8 Å². The first-order valence-electron chi connectivity index (χ1n) is 4.31. The molecule has 0 aliphatic carbocycles. The summed E-state index contributed by atoms with van der Waals surface area (Å²) in [4.78, 5) is 0. The number of hydrogen-bond donors (Lipinski definition) is 1. The molecule has 0 aliphatic rings. The molecule has 1 unspecified atom stereocenters. The average Bonchev–Trinajstić information content (AvgIpc) is 1.88. The first-order valence-corrected chi connectivity index (χ1v) is 4.31. The van der Waals surface area contributed by atoms with E-state index in [1.54, 1.807) is 0 Å². The summed E-state index contributed by atoms with van der Waals surface area (Å²) in [6, 6.07) is 0. The monoisotopic (exact) mass is 144 g/mol. The molecule has 0 radical (unpaired) electrons. The van der Waals surface area contributed by atoms with Crippen LogP contribution < -0.4 is 0 Å². The summed E-state index contributed by atoms with van der Waals surface area (Å²) in [7, 11) is 0. The molecule has 0 saturated heterocycles. The maximum atomic E-state index is 8.75. The highest BCUT2D eigenvalue weighted by Crippen LogP contribution is 2.15. The van der Waals surface area contributed by atoms with E-state index in [9.17, 15) is 0 Å². The topological polar surface area (TPSA) is 20.2 Å². The van der Waals surface area contributed by atoms with Crippen molar-refractivity contribution in [3.63, 3.8) is 0 Å². The molecule has 0 fully saturated rings. The summed E-state index contributed by atoms with van der Waals surface area (Å²) in [6.07, 6.45) is 3.73. The number of aliphatic hydroxyl groups excluding tert-OH is 1. The molecular formula is C9H20O. The van der Waals surface area contributed by atoms with Crippen LogP contribution in [0.2, 0.25) is 0 Å². The number of hydrogen-bond acceptors (Lipinski definition) is 1. The fourth-order valence-corrected chi connectivity index (χ4v) is 1.37. The highest BCUT2D eigenvalue weighted by atomic mass is 16.3. The predicted octanol–water partition coefficient (Wildman–Crippen LogP) is 2.44. The lowest BCUT2D eigenvalue weighted by Crippen LogP contribution is -2.06. The average molecular weight is 144 g/mol. The summed E-state index contributed by atoms with van der Waals surface area (Å²) in [5.41, 5.74) is 0. The summed E-state index contributed by atoms with van der Waals surface area (Å²) in [6.45, 7) is 6.91. The first-order chi connectivity index (χ1) is 4.70. The van der Waals surface area contributed by atoms with Gasteiger partial charge in [0, 0.05) is 6.61 Å². The molecule has 1 nitrogen and oxygen atoms in total. The van der Waals surface area contributed by atoms with Crippen molar-refractivity contribution in [1.82, 2.24) is 0 Å². The van der Waals surface area contributed by atoms with Crippen LogP contribution in [0.4, 0.5) is 0 Å². The first kappa shape index (κ1) is 9.96. The molecule has 0 aliphatic heterocycles. The van der Waals surface area contributed by atoms with Crippen LogP contribution in [0.5, 0.6) is 0 Å². The van der Waals surface area contributed by atoms with Crippen molar-refractivity contribution in [3.8, 4) is 0 Å². The van der Waals surface area contributed by atoms with E-state index in [4.69, 9.17) is 5.11 Å². The van der Waals surface area contributed by atoms with Gasteiger partial charge in [-0.25, -0.2) is 0 Å². The zero-order chi connectivity index (χ0) is 7.98. The zero-order valence-electron chi connectivity index (χ0n) is 7.43. The van der Waals surface area contributed by atoms with E-state index < -0.39 is 0 Å². The lowest BCUT2D eigenvalue weighted by molar-refractivity contribution is 0.213. The van der Waals surface area contributed by atoms with Gasteiger partial charge in [0.15, 0.2) is 0 Å². The molecule has 0 spiro atoms. The minimum atomic E-state index is 0.341. The second kappa shape index (κ2) is 5.72. The van der Waals surface area contributed by atoms with Crippen molar-refractivity contribution in [2.75, 3.05) is 6.61 Å². The van der Waals surface area contributed by atoms with Gasteiger partial charge < -0.3 is 5.11 Å². The molecule has 0 aromatic carbocycles. The van der Waals surface area contributed by atoms with Gasteiger partial charge in [0.05, 0.1) is 0 Å². The van der Waals surface area contributed by atoms with Gasteiger partial charge in [-0.05, 0) is 18.3 Å². The Kier molecular flexibility index (Phi) is 5.70. The van der Waals surface area contributed by atoms with Gasteiger partial charge >= 0.3 is 0 Å². The van der Waals surface area contributed by atoms with Crippen molar-refractivity contribution in [2.45, 2.75) is 40.0 Å². The minimum Gasteiger partial charge on any atom is -0.396 e. The van der Waals surface area contributed by atoms with E-state index in [1.807, 2.05) is 0 Å². The van der Waals surface area contributed by atoms with E-state index in [0.29, 0.717) is 12.5 Å². The molecule has 0 heterocycles. The quantitative estimate of drug-likeness (QED) is 0.628. The van der Waals surface area contributed by atoms with E-state index >= 15 is 0 Å². The summed E-state index contributed by atoms with van der Waals surface area (Å²) >= 11 is 0. The van der Waals surface area contributed by atoms with Crippen LogP contribution in [0.25, 0.3) is 0 Å². The summed E-state index contributed by atoms with van der Waals surface area (Å²) < 4.78 is 0. The maximum Gasteiger partial charge on any atom is 0.0456 e. The van der Waals surface area contributed by atoms with Crippen molar-refractivity contribution in [1.29, 1.82) is 0 Å². The third-order valence-electron chi connectivity index (χ3n) is 1.90. The minimum absolute atomic E-state index is 0.341. The Bertz CT molecular complexity index is 71.1. The van der Waals surface area contributed by atoms with E-state index in [-0.39, 0.29) is 0 Å². The van der Waals surface area contributed by atoms with Gasteiger partial charge in [-0.15, -0.1) is 0 Å².